The second-order valence-electron chi connectivity index (χ2n) is 12.8. The number of aliphatic carboxylic acids is 1. The number of carbonyl (C=O) groups excluding carboxylic acids is 1. The van der Waals surface area contributed by atoms with E-state index in [4.69, 9.17) is 14.5 Å². The van der Waals surface area contributed by atoms with E-state index in [0.29, 0.717) is 55.1 Å². The molecule has 49 heavy (non-hydrogen) atoms. The number of hydrogen-bond donors (Lipinski definition) is 1. The first-order valence-electron chi connectivity index (χ1n) is 16.0. The lowest BCUT2D eigenvalue weighted by molar-refractivity contribution is -0.279. The van der Waals surface area contributed by atoms with Crippen molar-refractivity contribution in [2.45, 2.75) is 63.3 Å². The Hall–Kier alpha value is -4.53. The first-order chi connectivity index (χ1) is 23.1. The number of ether oxygens (including phenoxy) is 2. The van der Waals surface area contributed by atoms with Crippen LogP contribution in [0.4, 0.5) is 37.1 Å². The number of alkyl halides is 3. The molecule has 1 aliphatic carbocycles. The van der Waals surface area contributed by atoms with Crippen molar-refractivity contribution in [1.29, 1.82) is 0 Å². The number of benzene rings is 2. The smallest absolute Gasteiger partial charge is 0.416 e. The topological polar surface area (TPSA) is 91.7 Å². The van der Waals surface area contributed by atoms with Crippen molar-refractivity contribution in [2.24, 2.45) is 10.9 Å². The fraction of sp³-hybridized carbons (Fsp3) is 0.441. The molecule has 4 unspecified atom stereocenters. The van der Waals surface area contributed by atoms with Gasteiger partial charge in [-0.15, -0.1) is 0 Å². The Balaban J connectivity index is 1.26. The van der Waals surface area contributed by atoms with Crippen molar-refractivity contribution in [3.8, 4) is 5.75 Å². The normalized spacial score (nSPS) is 24.5. The Morgan fingerprint density at radius 3 is 2.43 bits per heavy atom. The number of hydrogen-bond acceptors (Lipinski definition) is 6. The van der Waals surface area contributed by atoms with E-state index >= 15 is 0 Å². The first kappa shape index (κ1) is 34.3. The molecule has 0 spiro atoms. The van der Waals surface area contributed by atoms with Crippen LogP contribution in [0.2, 0.25) is 0 Å². The third-order valence-corrected chi connectivity index (χ3v) is 9.54. The maximum atomic E-state index is 13.6. The van der Waals surface area contributed by atoms with Crippen LogP contribution in [0.3, 0.4) is 0 Å². The number of halogens is 6. The lowest BCUT2D eigenvalue weighted by Gasteiger charge is -2.33. The minimum atomic E-state index is -5.05. The summed E-state index contributed by atoms with van der Waals surface area (Å²) in [4.78, 5) is 32.9. The van der Waals surface area contributed by atoms with Crippen molar-refractivity contribution in [3.05, 3.63) is 76.6 Å². The third kappa shape index (κ3) is 7.26. The summed E-state index contributed by atoms with van der Waals surface area (Å²) in [6, 6.07) is 5.99. The number of amides is 1. The average Bonchev–Trinajstić information content (AvgIpc) is 3.76. The Kier molecular flexibility index (Phi) is 9.15. The van der Waals surface area contributed by atoms with E-state index in [1.54, 1.807) is 7.11 Å². The molecule has 4 atom stereocenters. The fourth-order valence-electron chi connectivity index (χ4n) is 6.57. The molecule has 1 N–H and O–H groups in total. The van der Waals surface area contributed by atoms with E-state index in [1.165, 1.54) is 11.8 Å². The van der Waals surface area contributed by atoms with Gasteiger partial charge in [-0.3, -0.25) is 9.69 Å². The van der Waals surface area contributed by atoms with Crippen LogP contribution >= 0.6 is 0 Å². The van der Waals surface area contributed by atoms with Crippen LogP contribution in [-0.4, -0.2) is 65.5 Å². The number of rotatable bonds is 9. The van der Waals surface area contributed by atoms with Gasteiger partial charge in [-0.1, -0.05) is 12.1 Å². The molecular formula is C34H35F6N4O5+. The van der Waals surface area contributed by atoms with Gasteiger partial charge in [-0.2, -0.15) is 13.2 Å². The minimum Gasteiger partial charge on any atom is -0.496 e. The zero-order valence-electron chi connectivity index (χ0n) is 26.7. The summed E-state index contributed by atoms with van der Waals surface area (Å²) < 4.78 is 92.2. The van der Waals surface area contributed by atoms with Gasteiger partial charge in [-0.25, -0.2) is 9.79 Å². The molecule has 0 bridgehead atoms. The van der Waals surface area contributed by atoms with Crippen LogP contribution in [0.5, 0.6) is 5.75 Å². The van der Waals surface area contributed by atoms with Crippen LogP contribution in [0.25, 0.3) is 5.57 Å². The average molecular weight is 694 g/mol. The van der Waals surface area contributed by atoms with E-state index in [1.807, 2.05) is 30.4 Å². The van der Waals surface area contributed by atoms with E-state index < -0.39 is 58.3 Å². The molecule has 4 aliphatic rings. The molecule has 262 valence electrons. The van der Waals surface area contributed by atoms with Gasteiger partial charge in [0.25, 0.3) is 10.8 Å². The predicted molar refractivity (Wildman–Crippen MR) is 167 cm³/mol. The molecule has 1 amide bonds. The van der Waals surface area contributed by atoms with Gasteiger partial charge in [0.15, 0.2) is 0 Å². The number of aliphatic imine (C=N–C) groups is 1. The number of carbonyl (C=O) groups is 2. The summed E-state index contributed by atoms with van der Waals surface area (Å²) in [6.07, 6.45) is -0.268. The molecule has 2 saturated heterocycles. The lowest BCUT2D eigenvalue weighted by atomic mass is 9.94. The minimum absolute atomic E-state index is 0.0193. The first-order valence-corrected chi connectivity index (χ1v) is 16.0. The van der Waals surface area contributed by atoms with Gasteiger partial charge in [0, 0.05) is 42.1 Å². The Bertz CT molecular complexity index is 1700. The molecule has 6 rings (SSSR count). The number of carboxylic acids is 1. The van der Waals surface area contributed by atoms with Crippen molar-refractivity contribution >= 4 is 29.0 Å². The largest absolute Gasteiger partial charge is 0.496 e. The highest BCUT2D eigenvalue weighted by Gasteiger charge is 2.46. The van der Waals surface area contributed by atoms with Crippen LogP contribution in [0, 0.1) is 5.92 Å². The maximum absolute atomic E-state index is 13.6. The van der Waals surface area contributed by atoms with Crippen molar-refractivity contribution < 1.29 is 50.8 Å². The molecule has 2 aromatic carbocycles. The van der Waals surface area contributed by atoms with Crippen LogP contribution in [0.15, 0.2) is 59.4 Å². The zero-order valence-corrected chi connectivity index (χ0v) is 26.7. The molecule has 15 heteroatoms. The van der Waals surface area contributed by atoms with E-state index in [2.05, 4.69) is 4.90 Å². The molecule has 0 radical (unpaired) electrons. The number of likely N-dealkylation sites (tertiary alicyclic amines) is 1. The van der Waals surface area contributed by atoms with Crippen LogP contribution in [0.1, 0.15) is 73.3 Å². The molecule has 3 aliphatic heterocycles. The standard InChI is InChI=1S/C34H34F6N4O5/c1-19-31(22-13-23(34(35,36)37)16-25(14-22)44(38,39)40)49-33(47)43(19)18-24-6-3-5-20(8-10-30(41-24)42-11-4-12-42)27-15-21(7-9-29(27)48-2)26-17-28(26)32(45)46/h7-10,13-16,19,26,28,31H,3-6,11-12,17-18H2,1-2H3/p+1. The molecule has 2 aromatic rings. The van der Waals surface area contributed by atoms with Gasteiger partial charge in [0.1, 0.15) is 17.7 Å². The molecule has 3 heterocycles. The number of allylic oxidation sites excluding steroid dienone is 3. The zero-order chi connectivity index (χ0) is 35.2. The fourth-order valence-corrected chi connectivity index (χ4v) is 6.57. The molecule has 3 fully saturated rings. The summed E-state index contributed by atoms with van der Waals surface area (Å²) in [5, 5.41) is 5.12. The van der Waals surface area contributed by atoms with Gasteiger partial charge < -0.3 is 19.5 Å². The molecule has 0 aromatic heterocycles. The number of carboxylic acid groups (broad SMARTS) is 1. The Morgan fingerprint density at radius 2 is 1.82 bits per heavy atom. The predicted octanol–water partition coefficient (Wildman–Crippen LogP) is 8.00. The summed E-state index contributed by atoms with van der Waals surface area (Å²) in [7, 11) is 1.57. The number of quaternary nitrogens is 1. The third-order valence-electron chi connectivity index (χ3n) is 9.54. The SMILES string of the molecule is COc1ccc(C2CC2C(=O)O)cc1C1=CC=C(N2CCC2)N=C(CN2C(=O)OC(c3cc(C(F)(F)F)cc([N+](F)(F)F)c3)C2C)CCC1. The Morgan fingerprint density at radius 1 is 1.06 bits per heavy atom. The molecule has 9 nitrogen and oxygen atoms in total. The van der Waals surface area contributed by atoms with Crippen molar-refractivity contribution in [2.75, 3.05) is 26.7 Å². The second-order valence-corrected chi connectivity index (χ2v) is 12.8. The van der Waals surface area contributed by atoms with Crippen LogP contribution in [-0.2, 0) is 15.7 Å². The molecular weight excluding hydrogens is 658 g/mol. The number of cyclic esters (lactones) is 1. The monoisotopic (exact) mass is 693 g/mol. The summed E-state index contributed by atoms with van der Waals surface area (Å²) in [5.74, 6) is -0.00109. The number of methoxy groups -OCH3 is 1. The van der Waals surface area contributed by atoms with Gasteiger partial charge in [0.05, 0.1) is 44.6 Å². The van der Waals surface area contributed by atoms with E-state index in [-0.39, 0.29) is 18.5 Å². The number of nitrogens with zero attached hydrogens (tertiary/aromatic N) is 4. The highest BCUT2D eigenvalue weighted by Crippen LogP contribution is 2.49. The highest BCUT2D eigenvalue weighted by molar-refractivity contribution is 5.90. The molecule has 1 saturated carbocycles. The van der Waals surface area contributed by atoms with Gasteiger partial charge >= 0.3 is 18.2 Å². The maximum Gasteiger partial charge on any atom is 0.416 e. The summed E-state index contributed by atoms with van der Waals surface area (Å²) in [6.45, 7) is 3.02. The van der Waals surface area contributed by atoms with Gasteiger partial charge in [0.2, 0.25) is 0 Å². The van der Waals surface area contributed by atoms with Gasteiger partial charge in [-0.05, 0) is 80.4 Å². The van der Waals surface area contributed by atoms with E-state index in [0.717, 1.165) is 36.2 Å². The quantitative estimate of drug-likeness (QED) is 0.212. The highest BCUT2D eigenvalue weighted by atomic mass is 19.6. The lowest BCUT2D eigenvalue weighted by Crippen LogP contribution is -2.38. The second kappa shape index (κ2) is 13.1. The summed E-state index contributed by atoms with van der Waals surface area (Å²) >= 11 is 0. The summed E-state index contributed by atoms with van der Waals surface area (Å²) in [5.41, 5.74) is -0.114. The van der Waals surface area contributed by atoms with E-state index in [9.17, 15) is 41.3 Å². The Labute approximate surface area is 278 Å². The van der Waals surface area contributed by atoms with Crippen molar-refractivity contribution in [1.82, 2.24) is 14.9 Å². The van der Waals surface area contributed by atoms with Crippen LogP contribution < -0.4 is 9.89 Å². The van der Waals surface area contributed by atoms with Crippen molar-refractivity contribution in [3.63, 3.8) is 0 Å².